The fourth-order valence-corrected chi connectivity index (χ4v) is 5.16. The van der Waals surface area contributed by atoms with E-state index in [-0.39, 0.29) is 6.79 Å². The smallest absolute Gasteiger partial charge is 0.231 e. The zero-order valence-corrected chi connectivity index (χ0v) is 21.7. The van der Waals surface area contributed by atoms with Crippen molar-refractivity contribution in [2.45, 2.75) is 12.8 Å². The Kier molecular flexibility index (Phi) is 6.52. The van der Waals surface area contributed by atoms with Crippen LogP contribution in [-0.2, 0) is 0 Å². The van der Waals surface area contributed by atoms with Crippen molar-refractivity contribution in [1.29, 1.82) is 0 Å². The van der Waals surface area contributed by atoms with Gasteiger partial charge in [0.1, 0.15) is 13.2 Å². The average Bonchev–Trinajstić information content (AvgIpc) is 3.58. The molecule has 0 atom stereocenters. The second-order valence-electron chi connectivity index (χ2n) is 9.90. The van der Waals surface area contributed by atoms with Crippen LogP contribution in [0.2, 0.25) is 0 Å². The van der Waals surface area contributed by atoms with Gasteiger partial charge in [0, 0.05) is 34.6 Å². The molecule has 0 spiro atoms. The van der Waals surface area contributed by atoms with Gasteiger partial charge < -0.3 is 28.6 Å². The molecule has 0 bridgehead atoms. The van der Waals surface area contributed by atoms with Crippen molar-refractivity contribution in [2.24, 2.45) is 0 Å². The molecule has 1 saturated heterocycles. The van der Waals surface area contributed by atoms with Crippen LogP contribution >= 0.6 is 0 Å². The lowest BCUT2D eigenvalue weighted by Crippen LogP contribution is -2.25. The molecule has 194 valence electrons. The molecule has 1 aromatic heterocycles. The van der Waals surface area contributed by atoms with Gasteiger partial charge in [-0.15, -0.1) is 0 Å². The molecule has 3 heterocycles. The average molecular weight is 504 g/mol. The summed E-state index contributed by atoms with van der Waals surface area (Å²) in [5, 5.41) is 4.99. The van der Waals surface area contributed by atoms with Gasteiger partial charge in [-0.25, -0.2) is 4.98 Å². The SMILES string of the molecule is COc1cc2c(OCCN3CCCC3)nc3c4cc5c(cc4ccc3c2cc1OCCN(C)C)OCO5. The highest BCUT2D eigenvalue weighted by atomic mass is 16.7. The molecule has 37 heavy (non-hydrogen) atoms. The van der Waals surface area contributed by atoms with Crippen molar-refractivity contribution < 1.29 is 23.7 Å². The maximum absolute atomic E-state index is 6.37. The molecular weight excluding hydrogens is 470 g/mol. The fourth-order valence-electron chi connectivity index (χ4n) is 5.16. The number of ether oxygens (including phenoxy) is 5. The highest BCUT2D eigenvalue weighted by Gasteiger charge is 2.20. The van der Waals surface area contributed by atoms with Crippen LogP contribution in [0.15, 0.2) is 36.4 Å². The maximum atomic E-state index is 6.37. The second-order valence-corrected chi connectivity index (χ2v) is 9.90. The molecule has 1 fully saturated rings. The molecule has 8 nitrogen and oxygen atoms in total. The van der Waals surface area contributed by atoms with E-state index in [2.05, 4.69) is 28.0 Å². The van der Waals surface area contributed by atoms with Crippen molar-refractivity contribution in [3.05, 3.63) is 36.4 Å². The third-order valence-electron chi connectivity index (χ3n) is 7.16. The Morgan fingerprint density at radius 3 is 2.43 bits per heavy atom. The van der Waals surface area contributed by atoms with Gasteiger partial charge in [0.15, 0.2) is 23.0 Å². The van der Waals surface area contributed by atoms with Crippen LogP contribution in [0.3, 0.4) is 0 Å². The van der Waals surface area contributed by atoms with Crippen LogP contribution in [-0.4, -0.2) is 82.2 Å². The minimum absolute atomic E-state index is 0.234. The van der Waals surface area contributed by atoms with E-state index in [1.165, 1.54) is 12.8 Å². The lowest BCUT2D eigenvalue weighted by molar-refractivity contribution is 0.174. The Morgan fingerprint density at radius 2 is 1.65 bits per heavy atom. The van der Waals surface area contributed by atoms with Crippen molar-refractivity contribution in [1.82, 2.24) is 14.8 Å². The first-order valence-corrected chi connectivity index (χ1v) is 12.9. The number of hydrogen-bond acceptors (Lipinski definition) is 8. The number of fused-ring (bicyclic) bond motifs is 6. The Bertz CT molecular complexity index is 1450. The molecule has 0 unspecified atom stereocenters. The molecule has 6 rings (SSSR count). The predicted octanol–water partition coefficient (Wildman–Crippen LogP) is 4.69. The van der Waals surface area contributed by atoms with Gasteiger partial charge in [0.25, 0.3) is 0 Å². The summed E-state index contributed by atoms with van der Waals surface area (Å²) in [5.41, 5.74) is 0.865. The zero-order chi connectivity index (χ0) is 25.4. The van der Waals surface area contributed by atoms with Gasteiger partial charge in [0.05, 0.1) is 12.6 Å². The first kappa shape index (κ1) is 23.9. The molecular formula is C29H33N3O5. The molecule has 2 aliphatic rings. The maximum Gasteiger partial charge on any atom is 0.231 e. The standard InChI is InChI=1S/C29H33N3O5/c1-31(2)10-12-34-26-16-22-20-7-6-19-14-25-27(37-18-36-25)15-21(19)28(20)30-29(23(22)17-24(26)33-3)35-13-11-32-8-4-5-9-32/h6-7,14-17H,4-5,8-13,18H2,1-3H3. The normalized spacial score (nSPS) is 15.4. The Hall–Kier alpha value is -3.49. The summed E-state index contributed by atoms with van der Waals surface area (Å²) < 4.78 is 29.5. The fraction of sp³-hybridized carbons (Fsp3) is 0.414. The quantitative estimate of drug-likeness (QED) is 0.305. The van der Waals surface area contributed by atoms with E-state index in [0.717, 1.165) is 70.1 Å². The summed E-state index contributed by atoms with van der Waals surface area (Å²) in [6, 6.07) is 12.3. The molecule has 4 aromatic rings. The number of likely N-dealkylation sites (tertiary alicyclic amines) is 1. The number of nitrogens with zero attached hydrogens (tertiary/aromatic N) is 3. The van der Waals surface area contributed by atoms with Gasteiger partial charge >= 0.3 is 0 Å². The highest BCUT2D eigenvalue weighted by Crippen LogP contribution is 2.43. The molecule has 0 saturated carbocycles. The van der Waals surface area contributed by atoms with Gasteiger partial charge in [-0.3, -0.25) is 4.90 Å². The third kappa shape index (κ3) is 4.67. The van der Waals surface area contributed by atoms with E-state index in [1.807, 2.05) is 32.3 Å². The highest BCUT2D eigenvalue weighted by molar-refractivity contribution is 6.17. The van der Waals surface area contributed by atoms with E-state index >= 15 is 0 Å². The Labute approximate surface area is 216 Å². The van der Waals surface area contributed by atoms with Crippen molar-refractivity contribution in [3.8, 4) is 28.9 Å². The van der Waals surface area contributed by atoms with Gasteiger partial charge in [0.2, 0.25) is 12.7 Å². The molecule has 0 N–H and O–H groups in total. The first-order valence-electron chi connectivity index (χ1n) is 12.9. The van der Waals surface area contributed by atoms with Crippen LogP contribution < -0.4 is 23.7 Å². The number of likely N-dealkylation sites (N-methyl/N-ethyl adjacent to an activating group) is 1. The van der Waals surface area contributed by atoms with E-state index in [0.29, 0.717) is 30.6 Å². The topological polar surface area (TPSA) is 65.5 Å². The van der Waals surface area contributed by atoms with E-state index in [4.69, 9.17) is 28.7 Å². The lowest BCUT2D eigenvalue weighted by atomic mass is 10.0. The summed E-state index contributed by atoms with van der Waals surface area (Å²) in [4.78, 5) is 9.61. The van der Waals surface area contributed by atoms with Crippen LogP contribution in [0.1, 0.15) is 12.8 Å². The van der Waals surface area contributed by atoms with Gasteiger partial charge in [-0.05, 0) is 69.7 Å². The minimum Gasteiger partial charge on any atom is -0.493 e. The summed E-state index contributed by atoms with van der Waals surface area (Å²) >= 11 is 0. The van der Waals surface area contributed by atoms with Crippen molar-refractivity contribution in [3.63, 3.8) is 0 Å². The zero-order valence-electron chi connectivity index (χ0n) is 21.7. The molecule has 0 amide bonds. The van der Waals surface area contributed by atoms with Crippen molar-refractivity contribution in [2.75, 3.05) is 67.4 Å². The first-order chi connectivity index (χ1) is 18.1. The largest absolute Gasteiger partial charge is 0.493 e. The van der Waals surface area contributed by atoms with Crippen molar-refractivity contribution >= 4 is 32.4 Å². The number of pyridine rings is 1. The van der Waals surface area contributed by atoms with E-state index in [9.17, 15) is 0 Å². The summed E-state index contributed by atoms with van der Waals surface area (Å²) in [7, 11) is 5.73. The Morgan fingerprint density at radius 1 is 0.865 bits per heavy atom. The number of methoxy groups -OCH3 is 1. The predicted molar refractivity (Wildman–Crippen MR) is 145 cm³/mol. The number of aromatic nitrogens is 1. The number of hydrogen-bond donors (Lipinski definition) is 0. The molecule has 2 aliphatic heterocycles. The van der Waals surface area contributed by atoms with Crippen LogP contribution in [0.25, 0.3) is 32.4 Å². The summed E-state index contributed by atoms with van der Waals surface area (Å²) in [6.07, 6.45) is 2.51. The van der Waals surface area contributed by atoms with Crippen LogP contribution in [0, 0.1) is 0 Å². The minimum atomic E-state index is 0.234. The monoisotopic (exact) mass is 503 g/mol. The molecule has 3 aromatic carbocycles. The van der Waals surface area contributed by atoms with E-state index in [1.54, 1.807) is 7.11 Å². The molecule has 0 aliphatic carbocycles. The number of benzene rings is 3. The summed E-state index contributed by atoms with van der Waals surface area (Å²) in [5.74, 6) is 3.47. The lowest BCUT2D eigenvalue weighted by Gasteiger charge is -2.18. The molecule has 0 radical (unpaired) electrons. The van der Waals surface area contributed by atoms with Gasteiger partial charge in [-0.1, -0.05) is 12.1 Å². The second kappa shape index (κ2) is 10.1. The number of rotatable bonds is 9. The van der Waals surface area contributed by atoms with E-state index < -0.39 is 0 Å². The van der Waals surface area contributed by atoms with Crippen LogP contribution in [0.4, 0.5) is 0 Å². The van der Waals surface area contributed by atoms with Crippen LogP contribution in [0.5, 0.6) is 28.9 Å². The summed E-state index contributed by atoms with van der Waals surface area (Å²) in [6.45, 7) is 5.33. The van der Waals surface area contributed by atoms with Gasteiger partial charge in [-0.2, -0.15) is 0 Å². The Balaban J connectivity index is 1.49. The third-order valence-corrected chi connectivity index (χ3v) is 7.16. The molecule has 8 heteroatoms.